The fourth-order valence-corrected chi connectivity index (χ4v) is 3.85. The Morgan fingerprint density at radius 1 is 1.09 bits per heavy atom. The summed E-state index contributed by atoms with van der Waals surface area (Å²) in [6, 6.07) is 9.70. The molecule has 0 saturated carbocycles. The number of carbonyl (C=O) groups is 1. The molecule has 1 aliphatic rings. The van der Waals surface area contributed by atoms with Crippen molar-refractivity contribution in [2.75, 3.05) is 48.1 Å². The zero-order chi connectivity index (χ0) is 22.6. The Morgan fingerprint density at radius 2 is 1.84 bits per heavy atom. The monoisotopic (exact) mass is 458 g/mol. The summed E-state index contributed by atoms with van der Waals surface area (Å²) in [6.07, 6.45) is 2.53. The molecular weight excluding hydrogens is 436 g/mol. The van der Waals surface area contributed by atoms with Gasteiger partial charge in [0.15, 0.2) is 21.5 Å². The average Bonchev–Trinajstić information content (AvgIpc) is 3.26. The second kappa shape index (κ2) is 9.32. The molecule has 1 aliphatic heterocycles. The van der Waals surface area contributed by atoms with Gasteiger partial charge < -0.3 is 19.5 Å². The van der Waals surface area contributed by atoms with Crippen LogP contribution in [0.1, 0.15) is 5.69 Å². The van der Waals surface area contributed by atoms with Crippen molar-refractivity contribution in [3.8, 4) is 11.4 Å². The Kier molecular flexibility index (Phi) is 6.32. The van der Waals surface area contributed by atoms with E-state index in [2.05, 4.69) is 30.3 Å². The number of sulfone groups is 1. The largest absolute Gasteiger partial charge is 0.378 e. The number of urea groups is 1. The zero-order valence-corrected chi connectivity index (χ0v) is 18.1. The van der Waals surface area contributed by atoms with Crippen LogP contribution in [-0.2, 0) is 20.3 Å². The molecule has 12 heteroatoms. The Morgan fingerprint density at radius 3 is 2.50 bits per heavy atom. The van der Waals surface area contributed by atoms with Crippen molar-refractivity contribution in [3.05, 3.63) is 48.4 Å². The molecule has 0 bridgehead atoms. The molecule has 1 aromatic carbocycles. The van der Waals surface area contributed by atoms with Crippen LogP contribution in [0.3, 0.4) is 0 Å². The highest BCUT2D eigenvalue weighted by molar-refractivity contribution is 7.89. The summed E-state index contributed by atoms with van der Waals surface area (Å²) < 4.78 is 33.8. The van der Waals surface area contributed by atoms with Gasteiger partial charge in [-0.05, 0) is 24.3 Å². The second-order valence-corrected chi connectivity index (χ2v) is 9.39. The highest BCUT2D eigenvalue weighted by Crippen LogP contribution is 2.23. The van der Waals surface area contributed by atoms with Crippen LogP contribution in [0.2, 0.25) is 0 Å². The first-order valence-corrected chi connectivity index (χ1v) is 11.9. The van der Waals surface area contributed by atoms with Crippen molar-refractivity contribution in [2.45, 2.75) is 5.75 Å². The molecular formula is C20H22N6O5S. The maximum atomic E-state index is 12.0. The molecule has 2 aromatic heterocycles. The van der Waals surface area contributed by atoms with Crippen LogP contribution in [0.4, 0.5) is 22.1 Å². The Hall–Kier alpha value is -3.51. The van der Waals surface area contributed by atoms with E-state index >= 15 is 0 Å². The Balaban J connectivity index is 1.55. The van der Waals surface area contributed by atoms with Crippen LogP contribution in [0.25, 0.3) is 11.4 Å². The predicted octanol–water partition coefficient (Wildman–Crippen LogP) is 2.16. The van der Waals surface area contributed by atoms with Gasteiger partial charge >= 0.3 is 6.03 Å². The van der Waals surface area contributed by atoms with Crippen LogP contribution in [0.5, 0.6) is 0 Å². The molecule has 0 aliphatic carbocycles. The van der Waals surface area contributed by atoms with E-state index in [9.17, 15) is 13.2 Å². The van der Waals surface area contributed by atoms with E-state index in [0.29, 0.717) is 60.7 Å². The number of hydrogen-bond acceptors (Lipinski definition) is 9. The smallest absolute Gasteiger partial charge is 0.324 e. The van der Waals surface area contributed by atoms with Crippen molar-refractivity contribution in [1.29, 1.82) is 0 Å². The molecule has 2 amide bonds. The average molecular weight is 459 g/mol. The van der Waals surface area contributed by atoms with Gasteiger partial charge in [0.1, 0.15) is 12.1 Å². The van der Waals surface area contributed by atoms with Crippen LogP contribution < -0.4 is 15.5 Å². The maximum Gasteiger partial charge on any atom is 0.324 e. The van der Waals surface area contributed by atoms with Crippen LogP contribution >= 0.6 is 0 Å². The van der Waals surface area contributed by atoms with Crippen LogP contribution in [0, 0.1) is 0 Å². The van der Waals surface area contributed by atoms with Gasteiger partial charge in [0.2, 0.25) is 0 Å². The van der Waals surface area contributed by atoms with E-state index in [4.69, 9.17) is 4.74 Å². The van der Waals surface area contributed by atoms with Crippen molar-refractivity contribution in [2.24, 2.45) is 0 Å². The molecule has 2 N–H and O–H groups in total. The lowest BCUT2D eigenvalue weighted by Crippen LogP contribution is -2.37. The molecule has 0 unspecified atom stereocenters. The highest BCUT2D eigenvalue weighted by atomic mass is 32.2. The van der Waals surface area contributed by atoms with E-state index in [1.165, 1.54) is 18.6 Å². The summed E-state index contributed by atoms with van der Waals surface area (Å²) in [5, 5.41) is 8.84. The molecule has 0 spiro atoms. The van der Waals surface area contributed by atoms with Gasteiger partial charge in [0.05, 0.1) is 24.7 Å². The number of hydrogen-bond donors (Lipinski definition) is 2. The molecule has 3 aromatic rings. The number of rotatable bonds is 6. The lowest BCUT2D eigenvalue weighted by molar-refractivity contribution is 0.122. The minimum atomic E-state index is -3.27. The number of aromatic nitrogens is 3. The first-order chi connectivity index (χ1) is 15.4. The summed E-state index contributed by atoms with van der Waals surface area (Å²) >= 11 is 0. The SMILES string of the molecule is CS(=O)(=O)Cc1cc(N2CCOCC2)nc(-c2ccc(NC(=O)Nc3ccon3)cc2)n1. The van der Waals surface area contributed by atoms with E-state index in [1.807, 2.05) is 4.90 Å². The topological polar surface area (TPSA) is 140 Å². The number of carbonyl (C=O) groups excluding carboxylic acids is 1. The third kappa shape index (κ3) is 5.80. The number of amides is 2. The van der Waals surface area contributed by atoms with Crippen molar-refractivity contribution >= 4 is 33.2 Å². The van der Waals surface area contributed by atoms with Crippen molar-refractivity contribution < 1.29 is 22.5 Å². The quantitative estimate of drug-likeness (QED) is 0.568. The maximum absolute atomic E-state index is 12.0. The second-order valence-electron chi connectivity index (χ2n) is 7.25. The lowest BCUT2D eigenvalue weighted by Gasteiger charge is -2.28. The fourth-order valence-electron chi connectivity index (χ4n) is 3.17. The highest BCUT2D eigenvalue weighted by Gasteiger charge is 2.17. The molecule has 168 valence electrons. The summed E-state index contributed by atoms with van der Waals surface area (Å²) in [4.78, 5) is 23.2. The number of anilines is 3. The summed E-state index contributed by atoms with van der Waals surface area (Å²) in [5.74, 6) is 1.19. The third-order valence-electron chi connectivity index (χ3n) is 4.59. The predicted molar refractivity (Wildman–Crippen MR) is 118 cm³/mol. The van der Waals surface area contributed by atoms with Crippen LogP contribution in [0.15, 0.2) is 47.2 Å². The Labute approximate surface area is 184 Å². The summed E-state index contributed by atoms with van der Waals surface area (Å²) in [5.41, 5.74) is 1.67. The van der Waals surface area contributed by atoms with Crippen molar-refractivity contribution in [3.63, 3.8) is 0 Å². The minimum absolute atomic E-state index is 0.179. The standard InChI is InChI=1S/C20H22N6O5S/c1-32(28,29)13-16-12-18(26-7-10-30-11-8-26)24-19(21-16)14-2-4-15(5-3-14)22-20(27)23-17-6-9-31-25-17/h2-6,9,12H,7-8,10-11,13H2,1H3,(H2,22,23,25,27). The number of benzene rings is 1. The fraction of sp³-hybridized carbons (Fsp3) is 0.300. The van der Waals surface area contributed by atoms with Gasteiger partial charge in [-0.2, -0.15) is 0 Å². The van der Waals surface area contributed by atoms with E-state index in [-0.39, 0.29) is 5.75 Å². The molecule has 1 saturated heterocycles. The number of morpholine rings is 1. The summed E-state index contributed by atoms with van der Waals surface area (Å²) in [7, 11) is -3.27. The van der Waals surface area contributed by atoms with E-state index < -0.39 is 15.9 Å². The normalized spacial score (nSPS) is 14.2. The van der Waals surface area contributed by atoms with Crippen LogP contribution in [-0.4, -0.2) is 62.1 Å². The molecule has 0 radical (unpaired) electrons. The van der Waals surface area contributed by atoms with E-state index in [0.717, 1.165) is 0 Å². The first kappa shape index (κ1) is 21.7. The lowest BCUT2D eigenvalue weighted by atomic mass is 10.2. The third-order valence-corrected chi connectivity index (χ3v) is 5.41. The molecule has 1 fully saturated rings. The summed E-state index contributed by atoms with van der Waals surface area (Å²) in [6.45, 7) is 2.49. The first-order valence-electron chi connectivity index (χ1n) is 9.83. The molecule has 0 atom stereocenters. The number of nitrogens with zero attached hydrogens (tertiary/aromatic N) is 4. The van der Waals surface area contributed by atoms with Gasteiger partial charge in [0, 0.05) is 42.7 Å². The van der Waals surface area contributed by atoms with Gasteiger partial charge in [-0.1, -0.05) is 5.16 Å². The van der Waals surface area contributed by atoms with Gasteiger partial charge in [-0.15, -0.1) is 0 Å². The van der Waals surface area contributed by atoms with Gasteiger partial charge in [0.25, 0.3) is 0 Å². The number of ether oxygens (including phenoxy) is 1. The molecule has 11 nitrogen and oxygen atoms in total. The zero-order valence-electron chi connectivity index (χ0n) is 17.3. The molecule has 4 rings (SSSR count). The number of nitrogens with one attached hydrogen (secondary N) is 2. The van der Waals surface area contributed by atoms with Gasteiger partial charge in [-0.25, -0.2) is 23.2 Å². The van der Waals surface area contributed by atoms with Crippen molar-refractivity contribution in [1.82, 2.24) is 15.1 Å². The minimum Gasteiger partial charge on any atom is -0.378 e. The van der Waals surface area contributed by atoms with E-state index in [1.54, 1.807) is 30.3 Å². The van der Waals surface area contributed by atoms with Gasteiger partial charge in [-0.3, -0.25) is 5.32 Å². The molecule has 3 heterocycles. The molecule has 32 heavy (non-hydrogen) atoms. The Bertz CT molecular complexity index is 1180.